The first-order valence-electron chi connectivity index (χ1n) is 8.28. The van der Waals surface area contributed by atoms with Gasteiger partial charge in [0, 0.05) is 26.2 Å². The summed E-state index contributed by atoms with van der Waals surface area (Å²) >= 11 is 0. The lowest BCUT2D eigenvalue weighted by molar-refractivity contribution is -0.127. The number of piperidine rings is 1. The Morgan fingerprint density at radius 2 is 1.78 bits per heavy atom. The Balaban J connectivity index is 1.97. The summed E-state index contributed by atoms with van der Waals surface area (Å²) in [7, 11) is 0. The summed E-state index contributed by atoms with van der Waals surface area (Å²) in [4.78, 5) is 24.8. The van der Waals surface area contributed by atoms with Crippen LogP contribution in [0, 0.1) is 11.8 Å². The molecule has 0 spiro atoms. The Morgan fingerprint density at radius 3 is 2.39 bits per heavy atom. The van der Waals surface area contributed by atoms with Gasteiger partial charge in [-0.3, -0.25) is 14.5 Å². The van der Waals surface area contributed by atoms with Crippen molar-refractivity contribution in [1.29, 1.82) is 0 Å². The van der Waals surface area contributed by atoms with Crippen LogP contribution in [0.2, 0.25) is 0 Å². The number of rotatable bonds is 6. The zero-order chi connectivity index (χ0) is 16.8. The number of hydrogen-bond acceptors (Lipinski definition) is 3. The standard InChI is InChI=1S/C18H27N3O2/c1-13-7-14(2)11-21(10-13)12-16-6-4-3-5-15(16)9-20-18(23)8-17(19)22/h3-6,13-14H,7-12H2,1-2H3,(H2,19,22)(H,20,23)/t13-,14-/m0/s1. The van der Waals surface area contributed by atoms with Gasteiger partial charge in [-0.05, 0) is 29.4 Å². The number of hydrogen-bond donors (Lipinski definition) is 2. The molecular weight excluding hydrogens is 290 g/mol. The molecule has 126 valence electrons. The molecule has 2 atom stereocenters. The Bertz CT molecular complexity index is 549. The van der Waals surface area contributed by atoms with Crippen LogP contribution in [0.15, 0.2) is 24.3 Å². The van der Waals surface area contributed by atoms with Crippen molar-refractivity contribution in [3.05, 3.63) is 35.4 Å². The number of nitrogens with two attached hydrogens (primary N) is 1. The minimum atomic E-state index is -0.605. The maximum absolute atomic E-state index is 11.6. The quantitative estimate of drug-likeness (QED) is 0.784. The molecule has 2 amide bonds. The summed E-state index contributed by atoms with van der Waals surface area (Å²) < 4.78 is 0. The van der Waals surface area contributed by atoms with Gasteiger partial charge in [0.25, 0.3) is 0 Å². The molecule has 0 radical (unpaired) electrons. The maximum atomic E-state index is 11.6. The minimum absolute atomic E-state index is 0.261. The Kier molecular flexibility index (Phi) is 6.16. The van der Waals surface area contributed by atoms with Crippen LogP contribution in [0.1, 0.15) is 37.8 Å². The summed E-state index contributed by atoms with van der Waals surface area (Å²) in [6.07, 6.45) is 1.03. The van der Waals surface area contributed by atoms with Crippen LogP contribution in [-0.2, 0) is 22.7 Å². The molecule has 1 aromatic rings. The van der Waals surface area contributed by atoms with E-state index in [1.165, 1.54) is 12.0 Å². The highest BCUT2D eigenvalue weighted by atomic mass is 16.2. The lowest BCUT2D eigenvalue weighted by Gasteiger charge is -2.35. The lowest BCUT2D eigenvalue weighted by Crippen LogP contribution is -2.38. The summed E-state index contributed by atoms with van der Waals surface area (Å²) in [5, 5.41) is 2.77. The van der Waals surface area contributed by atoms with Gasteiger partial charge in [0.15, 0.2) is 0 Å². The maximum Gasteiger partial charge on any atom is 0.229 e. The van der Waals surface area contributed by atoms with Crippen molar-refractivity contribution in [3.8, 4) is 0 Å². The second-order valence-corrected chi connectivity index (χ2v) is 6.83. The van der Waals surface area contributed by atoms with Crippen molar-refractivity contribution < 1.29 is 9.59 Å². The van der Waals surface area contributed by atoms with Crippen molar-refractivity contribution in [3.63, 3.8) is 0 Å². The molecule has 0 bridgehead atoms. The van der Waals surface area contributed by atoms with E-state index in [0.29, 0.717) is 6.54 Å². The monoisotopic (exact) mass is 317 g/mol. The highest BCUT2D eigenvalue weighted by Gasteiger charge is 2.22. The first-order valence-corrected chi connectivity index (χ1v) is 8.28. The molecule has 5 heteroatoms. The largest absolute Gasteiger partial charge is 0.369 e. The van der Waals surface area contributed by atoms with Crippen LogP contribution >= 0.6 is 0 Å². The smallest absolute Gasteiger partial charge is 0.229 e. The highest BCUT2D eigenvalue weighted by Crippen LogP contribution is 2.23. The normalized spacial score (nSPS) is 21.8. The molecule has 23 heavy (non-hydrogen) atoms. The third kappa shape index (κ3) is 5.67. The topological polar surface area (TPSA) is 75.4 Å². The SMILES string of the molecule is C[C@H]1C[C@H](C)CN(Cc2ccccc2CNC(=O)CC(N)=O)C1. The number of carbonyl (C=O) groups excluding carboxylic acids is 2. The van der Waals surface area contributed by atoms with Crippen LogP contribution in [-0.4, -0.2) is 29.8 Å². The first kappa shape index (κ1) is 17.5. The predicted molar refractivity (Wildman–Crippen MR) is 90.3 cm³/mol. The summed E-state index contributed by atoms with van der Waals surface area (Å²) in [5.74, 6) is 0.516. The van der Waals surface area contributed by atoms with Gasteiger partial charge in [-0.15, -0.1) is 0 Å². The van der Waals surface area contributed by atoms with Crippen LogP contribution in [0.5, 0.6) is 0 Å². The van der Waals surface area contributed by atoms with Gasteiger partial charge in [0.2, 0.25) is 11.8 Å². The molecular formula is C18H27N3O2. The third-order valence-corrected chi connectivity index (χ3v) is 4.27. The van der Waals surface area contributed by atoms with Crippen LogP contribution in [0.4, 0.5) is 0 Å². The van der Waals surface area contributed by atoms with Gasteiger partial charge in [-0.1, -0.05) is 38.1 Å². The zero-order valence-corrected chi connectivity index (χ0v) is 14.0. The molecule has 1 aromatic carbocycles. The predicted octanol–water partition coefficient (Wildman–Crippen LogP) is 1.66. The molecule has 1 aliphatic rings. The molecule has 3 N–H and O–H groups in total. The second-order valence-electron chi connectivity index (χ2n) is 6.83. The van der Waals surface area contributed by atoms with Gasteiger partial charge in [0.05, 0.1) is 0 Å². The molecule has 0 unspecified atom stereocenters. The van der Waals surface area contributed by atoms with Gasteiger partial charge in [-0.2, -0.15) is 0 Å². The number of carbonyl (C=O) groups is 2. The van der Waals surface area contributed by atoms with Crippen molar-refractivity contribution >= 4 is 11.8 Å². The van der Waals surface area contributed by atoms with E-state index in [9.17, 15) is 9.59 Å². The fourth-order valence-electron chi connectivity index (χ4n) is 3.46. The summed E-state index contributed by atoms with van der Waals surface area (Å²) in [6, 6.07) is 8.14. The Hall–Kier alpha value is -1.88. The Labute approximate surface area is 138 Å². The molecule has 1 fully saturated rings. The van der Waals surface area contributed by atoms with E-state index in [4.69, 9.17) is 5.73 Å². The molecule has 1 saturated heterocycles. The van der Waals surface area contributed by atoms with E-state index in [-0.39, 0.29) is 12.3 Å². The van der Waals surface area contributed by atoms with Crippen molar-refractivity contribution in [1.82, 2.24) is 10.2 Å². The number of likely N-dealkylation sites (tertiary alicyclic amines) is 1. The van der Waals surface area contributed by atoms with E-state index in [1.807, 2.05) is 18.2 Å². The number of nitrogens with zero attached hydrogens (tertiary/aromatic N) is 1. The van der Waals surface area contributed by atoms with E-state index >= 15 is 0 Å². The van der Waals surface area contributed by atoms with E-state index in [2.05, 4.69) is 30.1 Å². The average Bonchev–Trinajstić information content (AvgIpc) is 2.44. The first-order chi connectivity index (χ1) is 10.9. The molecule has 2 rings (SSSR count). The molecule has 5 nitrogen and oxygen atoms in total. The summed E-state index contributed by atoms with van der Waals surface area (Å²) in [6.45, 7) is 8.18. The fourth-order valence-corrected chi connectivity index (χ4v) is 3.46. The van der Waals surface area contributed by atoms with Gasteiger partial charge in [-0.25, -0.2) is 0 Å². The van der Waals surface area contributed by atoms with Crippen LogP contribution in [0.25, 0.3) is 0 Å². The van der Waals surface area contributed by atoms with Gasteiger partial charge < -0.3 is 11.1 Å². The summed E-state index contributed by atoms with van der Waals surface area (Å²) in [5.41, 5.74) is 7.36. The van der Waals surface area contributed by atoms with E-state index in [1.54, 1.807) is 0 Å². The van der Waals surface area contributed by atoms with Crippen LogP contribution < -0.4 is 11.1 Å². The van der Waals surface area contributed by atoms with Gasteiger partial charge >= 0.3 is 0 Å². The molecule has 1 heterocycles. The van der Waals surface area contributed by atoms with E-state index < -0.39 is 5.91 Å². The number of primary amides is 1. The second kappa shape index (κ2) is 8.11. The highest BCUT2D eigenvalue weighted by molar-refractivity contribution is 5.95. The third-order valence-electron chi connectivity index (χ3n) is 4.27. The van der Waals surface area contributed by atoms with Crippen molar-refractivity contribution in [2.75, 3.05) is 13.1 Å². The van der Waals surface area contributed by atoms with Crippen LogP contribution in [0.3, 0.4) is 0 Å². The number of benzene rings is 1. The molecule has 1 aliphatic heterocycles. The number of amides is 2. The molecule has 0 saturated carbocycles. The molecule has 0 aromatic heterocycles. The minimum Gasteiger partial charge on any atom is -0.369 e. The lowest BCUT2D eigenvalue weighted by atomic mass is 9.91. The molecule has 0 aliphatic carbocycles. The van der Waals surface area contributed by atoms with E-state index in [0.717, 1.165) is 37.0 Å². The van der Waals surface area contributed by atoms with Crippen molar-refractivity contribution in [2.45, 2.75) is 39.8 Å². The average molecular weight is 317 g/mol. The fraction of sp³-hybridized carbons (Fsp3) is 0.556. The van der Waals surface area contributed by atoms with Crippen molar-refractivity contribution in [2.24, 2.45) is 17.6 Å². The van der Waals surface area contributed by atoms with Gasteiger partial charge in [0.1, 0.15) is 6.42 Å². The zero-order valence-electron chi connectivity index (χ0n) is 14.0. The number of nitrogens with one attached hydrogen (secondary N) is 1. The Morgan fingerprint density at radius 1 is 1.17 bits per heavy atom.